The molecule has 1 heterocycles. The summed E-state index contributed by atoms with van der Waals surface area (Å²) in [4.78, 5) is 0. The van der Waals surface area contributed by atoms with E-state index in [1.165, 1.54) is 50.3 Å². The van der Waals surface area contributed by atoms with E-state index in [4.69, 9.17) is 0 Å². The summed E-state index contributed by atoms with van der Waals surface area (Å²) in [6, 6.07) is 0. The fourth-order valence-corrected chi connectivity index (χ4v) is 3.28. The predicted molar refractivity (Wildman–Crippen MR) is 66.0 cm³/mol. The maximum Gasteiger partial charge on any atom is 0.0172 e. The molecule has 13 heavy (non-hydrogen) atoms. The van der Waals surface area contributed by atoms with Crippen LogP contribution < -0.4 is 5.32 Å². The highest BCUT2D eigenvalue weighted by molar-refractivity contribution is 8.00. The van der Waals surface area contributed by atoms with E-state index in [1.54, 1.807) is 0 Å². The van der Waals surface area contributed by atoms with Gasteiger partial charge in [0.25, 0.3) is 0 Å². The second kappa shape index (κ2) is 8.01. The van der Waals surface area contributed by atoms with Gasteiger partial charge in [0.05, 0.1) is 0 Å². The third-order valence-electron chi connectivity index (χ3n) is 2.35. The second-order valence-corrected chi connectivity index (χ2v) is 5.93. The first kappa shape index (κ1) is 11.7. The van der Waals surface area contributed by atoms with Gasteiger partial charge in [-0.1, -0.05) is 6.42 Å². The van der Waals surface area contributed by atoms with Crippen molar-refractivity contribution in [1.82, 2.24) is 5.32 Å². The third kappa shape index (κ3) is 5.87. The molecule has 0 aliphatic carbocycles. The molecule has 3 heteroatoms. The molecule has 0 bridgehead atoms. The Morgan fingerprint density at radius 1 is 1.46 bits per heavy atom. The monoisotopic (exact) mass is 219 g/mol. The van der Waals surface area contributed by atoms with Crippen LogP contribution in [0.15, 0.2) is 0 Å². The summed E-state index contributed by atoms with van der Waals surface area (Å²) in [5, 5.41) is 4.46. The molecule has 1 aliphatic rings. The van der Waals surface area contributed by atoms with Crippen LogP contribution >= 0.6 is 23.5 Å². The third-order valence-corrected chi connectivity index (χ3v) is 4.44. The maximum atomic E-state index is 3.56. The fourth-order valence-electron chi connectivity index (χ4n) is 1.57. The van der Waals surface area contributed by atoms with E-state index in [-0.39, 0.29) is 0 Å². The van der Waals surface area contributed by atoms with Crippen LogP contribution in [0.1, 0.15) is 25.7 Å². The van der Waals surface area contributed by atoms with Crippen molar-refractivity contribution in [2.24, 2.45) is 0 Å². The van der Waals surface area contributed by atoms with Crippen LogP contribution in [-0.4, -0.2) is 36.1 Å². The van der Waals surface area contributed by atoms with Crippen molar-refractivity contribution in [3.63, 3.8) is 0 Å². The Morgan fingerprint density at radius 3 is 3.08 bits per heavy atom. The molecule has 0 saturated carbocycles. The molecule has 1 nitrogen and oxygen atoms in total. The zero-order valence-electron chi connectivity index (χ0n) is 8.55. The van der Waals surface area contributed by atoms with Crippen molar-refractivity contribution in [1.29, 1.82) is 0 Å². The van der Waals surface area contributed by atoms with E-state index in [9.17, 15) is 0 Å². The van der Waals surface area contributed by atoms with E-state index in [0.717, 1.165) is 5.25 Å². The van der Waals surface area contributed by atoms with Crippen LogP contribution in [-0.2, 0) is 0 Å². The van der Waals surface area contributed by atoms with Gasteiger partial charge in [-0.05, 0) is 43.6 Å². The quantitative estimate of drug-likeness (QED) is 0.690. The topological polar surface area (TPSA) is 12.0 Å². The molecular formula is C10H21NS2. The van der Waals surface area contributed by atoms with Gasteiger partial charge in [0.1, 0.15) is 0 Å². The summed E-state index contributed by atoms with van der Waals surface area (Å²) < 4.78 is 0. The molecule has 0 radical (unpaired) electrons. The Kier molecular flexibility index (Phi) is 7.23. The minimum Gasteiger partial charge on any atom is -0.316 e. The summed E-state index contributed by atoms with van der Waals surface area (Å²) in [5.74, 6) is 2.68. The van der Waals surface area contributed by atoms with Gasteiger partial charge in [0, 0.05) is 11.8 Å². The van der Waals surface area contributed by atoms with E-state index >= 15 is 0 Å². The molecule has 1 N–H and O–H groups in total. The molecule has 1 saturated heterocycles. The van der Waals surface area contributed by atoms with Gasteiger partial charge >= 0.3 is 0 Å². The second-order valence-electron chi connectivity index (χ2n) is 3.54. The highest BCUT2D eigenvalue weighted by atomic mass is 32.2. The Balaban J connectivity index is 1.86. The largest absolute Gasteiger partial charge is 0.316 e. The highest BCUT2D eigenvalue weighted by Gasteiger charge is 2.12. The van der Waals surface area contributed by atoms with Crippen molar-refractivity contribution < 1.29 is 0 Å². The number of hydrogen-bond acceptors (Lipinski definition) is 3. The molecular weight excluding hydrogens is 198 g/mol. The van der Waals surface area contributed by atoms with Gasteiger partial charge in [-0.15, -0.1) is 0 Å². The molecule has 1 rings (SSSR count). The van der Waals surface area contributed by atoms with Gasteiger partial charge < -0.3 is 5.32 Å². The lowest BCUT2D eigenvalue weighted by atomic mass is 10.2. The van der Waals surface area contributed by atoms with Crippen LogP contribution in [0.25, 0.3) is 0 Å². The van der Waals surface area contributed by atoms with Crippen molar-refractivity contribution in [2.45, 2.75) is 30.9 Å². The van der Waals surface area contributed by atoms with Gasteiger partial charge in [-0.3, -0.25) is 0 Å². The SMILES string of the molecule is CSCCCNCC1CCCCS1. The van der Waals surface area contributed by atoms with Crippen molar-refractivity contribution in [2.75, 3.05) is 30.9 Å². The van der Waals surface area contributed by atoms with E-state index < -0.39 is 0 Å². The first-order valence-electron chi connectivity index (χ1n) is 5.24. The van der Waals surface area contributed by atoms with Gasteiger partial charge in [0.15, 0.2) is 0 Å². The van der Waals surface area contributed by atoms with Crippen molar-refractivity contribution >= 4 is 23.5 Å². The molecule has 1 aliphatic heterocycles. The first-order valence-corrected chi connectivity index (χ1v) is 7.69. The maximum absolute atomic E-state index is 3.56. The summed E-state index contributed by atoms with van der Waals surface area (Å²) in [6.07, 6.45) is 7.81. The van der Waals surface area contributed by atoms with Crippen molar-refractivity contribution in [3.05, 3.63) is 0 Å². The molecule has 0 aromatic carbocycles. The molecule has 1 unspecified atom stereocenters. The zero-order valence-corrected chi connectivity index (χ0v) is 10.2. The Hall–Kier alpha value is 0.660. The van der Waals surface area contributed by atoms with Crippen molar-refractivity contribution in [3.8, 4) is 0 Å². The number of nitrogens with one attached hydrogen (secondary N) is 1. The standard InChI is InChI=1S/C10H21NS2/c1-12-7-4-6-11-9-10-5-2-3-8-13-10/h10-11H,2-9H2,1H3. The Labute approximate surface area is 90.8 Å². The summed E-state index contributed by atoms with van der Waals surface area (Å²) in [6.45, 7) is 2.44. The van der Waals surface area contributed by atoms with Crippen LogP contribution in [0, 0.1) is 0 Å². The highest BCUT2D eigenvalue weighted by Crippen LogP contribution is 2.24. The van der Waals surface area contributed by atoms with Crippen LogP contribution in [0.4, 0.5) is 0 Å². The summed E-state index contributed by atoms with van der Waals surface area (Å²) in [7, 11) is 0. The van der Waals surface area contributed by atoms with Gasteiger partial charge in [-0.25, -0.2) is 0 Å². The molecule has 1 atom stereocenters. The molecule has 78 valence electrons. The minimum absolute atomic E-state index is 0.906. The number of hydrogen-bond donors (Lipinski definition) is 1. The van der Waals surface area contributed by atoms with Gasteiger partial charge in [-0.2, -0.15) is 23.5 Å². The predicted octanol–water partition coefficient (Wildman–Crippen LogP) is 2.61. The summed E-state index contributed by atoms with van der Waals surface area (Å²) in [5.41, 5.74) is 0. The number of rotatable bonds is 6. The Morgan fingerprint density at radius 2 is 2.38 bits per heavy atom. The molecule has 0 aromatic rings. The van der Waals surface area contributed by atoms with E-state index in [0.29, 0.717) is 0 Å². The number of thioether (sulfide) groups is 2. The zero-order chi connectivity index (χ0) is 9.36. The lowest BCUT2D eigenvalue weighted by Gasteiger charge is -2.21. The first-order chi connectivity index (χ1) is 6.43. The fraction of sp³-hybridized carbons (Fsp3) is 1.00. The normalized spacial score (nSPS) is 23.3. The van der Waals surface area contributed by atoms with E-state index in [1.807, 2.05) is 11.8 Å². The lowest BCUT2D eigenvalue weighted by Crippen LogP contribution is -2.27. The average Bonchev–Trinajstić information content (AvgIpc) is 2.19. The summed E-state index contributed by atoms with van der Waals surface area (Å²) >= 11 is 4.10. The van der Waals surface area contributed by atoms with Gasteiger partial charge in [0.2, 0.25) is 0 Å². The van der Waals surface area contributed by atoms with Crippen LogP contribution in [0.2, 0.25) is 0 Å². The average molecular weight is 219 g/mol. The molecule has 0 amide bonds. The van der Waals surface area contributed by atoms with Crippen LogP contribution in [0.5, 0.6) is 0 Å². The van der Waals surface area contributed by atoms with Crippen LogP contribution in [0.3, 0.4) is 0 Å². The molecule has 0 spiro atoms. The van der Waals surface area contributed by atoms with E-state index in [2.05, 4.69) is 23.3 Å². The molecule has 1 fully saturated rings. The minimum atomic E-state index is 0.906. The lowest BCUT2D eigenvalue weighted by molar-refractivity contribution is 0.596. The Bertz CT molecular complexity index is 113. The smallest absolute Gasteiger partial charge is 0.0172 e. The molecule has 0 aromatic heterocycles.